The fourth-order valence-electron chi connectivity index (χ4n) is 3.12. The molecular weight excluding hydrogens is 278 g/mol. The number of aromatic nitrogens is 1. The predicted molar refractivity (Wildman–Crippen MR) is 76.3 cm³/mol. The molecule has 0 saturated carbocycles. The Morgan fingerprint density at radius 1 is 1.40 bits per heavy atom. The van der Waals surface area contributed by atoms with Crippen molar-refractivity contribution < 1.29 is 9.53 Å². The van der Waals surface area contributed by atoms with Crippen molar-refractivity contribution in [3.05, 3.63) is 22.8 Å². The molecule has 2 unspecified atom stereocenters. The largest absolute Gasteiger partial charge is 0.481 e. The van der Waals surface area contributed by atoms with Gasteiger partial charge in [0.25, 0.3) is 5.91 Å². The molecule has 2 atom stereocenters. The van der Waals surface area contributed by atoms with Gasteiger partial charge in [-0.2, -0.15) is 0 Å². The van der Waals surface area contributed by atoms with E-state index in [1.54, 1.807) is 12.1 Å². The summed E-state index contributed by atoms with van der Waals surface area (Å²) < 4.78 is 5.09. The summed E-state index contributed by atoms with van der Waals surface area (Å²) in [5, 5.41) is 3.76. The molecule has 108 valence electrons. The van der Waals surface area contributed by atoms with Crippen LogP contribution < -0.4 is 10.1 Å². The average Bonchev–Trinajstić information content (AvgIpc) is 2.72. The van der Waals surface area contributed by atoms with Gasteiger partial charge in [0.05, 0.1) is 12.1 Å². The van der Waals surface area contributed by atoms with E-state index in [0.29, 0.717) is 22.6 Å². The fourth-order valence-corrected chi connectivity index (χ4v) is 3.31. The zero-order valence-corrected chi connectivity index (χ0v) is 12.2. The Balaban J connectivity index is 1.92. The molecule has 2 aliphatic heterocycles. The number of rotatable bonds is 2. The molecule has 0 radical (unpaired) electrons. The molecule has 2 aliphatic rings. The van der Waals surface area contributed by atoms with Crippen LogP contribution in [0.3, 0.4) is 0 Å². The Kier molecular flexibility index (Phi) is 3.81. The van der Waals surface area contributed by atoms with E-state index in [0.717, 1.165) is 32.4 Å². The Hall–Kier alpha value is -1.33. The first-order valence-electron chi connectivity index (χ1n) is 6.94. The van der Waals surface area contributed by atoms with Crippen LogP contribution in [0.15, 0.2) is 12.1 Å². The van der Waals surface area contributed by atoms with E-state index in [9.17, 15) is 4.79 Å². The van der Waals surface area contributed by atoms with Gasteiger partial charge in [-0.15, -0.1) is 0 Å². The lowest BCUT2D eigenvalue weighted by Gasteiger charge is -2.27. The SMILES string of the molecule is COc1ccc(Cl)c(C(=O)N2C3CCNCC2CC3)n1. The summed E-state index contributed by atoms with van der Waals surface area (Å²) >= 11 is 6.14. The Morgan fingerprint density at radius 3 is 3.00 bits per heavy atom. The number of fused-ring (bicyclic) bond motifs is 2. The first kappa shape index (κ1) is 13.6. The predicted octanol–water partition coefficient (Wildman–Crippen LogP) is 1.71. The van der Waals surface area contributed by atoms with Crippen LogP contribution in [0.5, 0.6) is 5.88 Å². The lowest BCUT2D eigenvalue weighted by atomic mass is 10.1. The first-order chi connectivity index (χ1) is 9.70. The highest BCUT2D eigenvalue weighted by atomic mass is 35.5. The third kappa shape index (κ3) is 2.36. The molecule has 2 bridgehead atoms. The molecule has 0 aliphatic carbocycles. The summed E-state index contributed by atoms with van der Waals surface area (Å²) in [6.07, 6.45) is 3.11. The molecule has 1 aromatic rings. The van der Waals surface area contributed by atoms with Crippen molar-refractivity contribution in [2.75, 3.05) is 20.2 Å². The highest BCUT2D eigenvalue weighted by molar-refractivity contribution is 6.33. The van der Waals surface area contributed by atoms with Crippen LogP contribution >= 0.6 is 11.6 Å². The maximum Gasteiger partial charge on any atom is 0.274 e. The molecule has 3 heterocycles. The normalized spacial score (nSPS) is 25.4. The first-order valence-corrected chi connectivity index (χ1v) is 7.32. The van der Waals surface area contributed by atoms with Crippen LogP contribution in [0.1, 0.15) is 29.8 Å². The van der Waals surface area contributed by atoms with Crippen molar-refractivity contribution in [2.24, 2.45) is 0 Å². The zero-order valence-electron chi connectivity index (χ0n) is 11.4. The van der Waals surface area contributed by atoms with Gasteiger partial charge in [0.2, 0.25) is 5.88 Å². The smallest absolute Gasteiger partial charge is 0.274 e. The number of carbonyl (C=O) groups excluding carboxylic acids is 1. The molecule has 1 N–H and O–H groups in total. The number of hydrogen-bond donors (Lipinski definition) is 1. The maximum atomic E-state index is 12.8. The third-order valence-electron chi connectivity index (χ3n) is 4.12. The summed E-state index contributed by atoms with van der Waals surface area (Å²) in [7, 11) is 1.53. The fraction of sp³-hybridized carbons (Fsp3) is 0.571. The third-order valence-corrected chi connectivity index (χ3v) is 4.43. The van der Waals surface area contributed by atoms with Crippen molar-refractivity contribution in [3.8, 4) is 5.88 Å². The van der Waals surface area contributed by atoms with E-state index >= 15 is 0 Å². The molecule has 0 aromatic carbocycles. The van der Waals surface area contributed by atoms with Crippen LogP contribution in [-0.2, 0) is 0 Å². The standard InChI is InChI=1S/C14H18ClN3O2/c1-20-12-5-4-11(15)13(17-12)14(19)18-9-2-3-10(18)8-16-7-6-9/h4-5,9-10,16H,2-3,6-8H2,1H3. The van der Waals surface area contributed by atoms with Crippen LogP contribution in [-0.4, -0.2) is 48.1 Å². The summed E-state index contributed by atoms with van der Waals surface area (Å²) in [6.45, 7) is 1.81. The lowest BCUT2D eigenvalue weighted by Crippen LogP contribution is -2.43. The van der Waals surface area contributed by atoms with Crippen LogP contribution in [0.25, 0.3) is 0 Å². The van der Waals surface area contributed by atoms with Crippen molar-refractivity contribution in [1.29, 1.82) is 0 Å². The molecule has 2 saturated heterocycles. The van der Waals surface area contributed by atoms with Gasteiger partial charge >= 0.3 is 0 Å². The second kappa shape index (κ2) is 5.58. The van der Waals surface area contributed by atoms with Crippen LogP contribution in [0, 0.1) is 0 Å². The minimum absolute atomic E-state index is 0.0786. The molecule has 1 aromatic heterocycles. The summed E-state index contributed by atoms with van der Waals surface area (Å²) in [5.74, 6) is 0.336. The summed E-state index contributed by atoms with van der Waals surface area (Å²) in [6, 6.07) is 3.88. The summed E-state index contributed by atoms with van der Waals surface area (Å²) in [4.78, 5) is 19.0. The average molecular weight is 296 g/mol. The van der Waals surface area contributed by atoms with Gasteiger partial charge in [-0.1, -0.05) is 11.6 Å². The number of pyridine rings is 1. The number of amides is 1. The number of nitrogens with zero attached hydrogens (tertiary/aromatic N) is 2. The molecular formula is C14H18ClN3O2. The second-order valence-corrected chi connectivity index (χ2v) is 5.68. The maximum absolute atomic E-state index is 12.8. The van der Waals surface area contributed by atoms with E-state index in [4.69, 9.17) is 16.3 Å². The van der Waals surface area contributed by atoms with Gasteiger partial charge in [-0.05, 0) is 31.9 Å². The van der Waals surface area contributed by atoms with Gasteiger partial charge in [0, 0.05) is 24.7 Å². The molecule has 20 heavy (non-hydrogen) atoms. The number of nitrogens with one attached hydrogen (secondary N) is 1. The van der Waals surface area contributed by atoms with Crippen LogP contribution in [0.2, 0.25) is 5.02 Å². The van der Waals surface area contributed by atoms with Crippen molar-refractivity contribution >= 4 is 17.5 Å². The lowest BCUT2D eigenvalue weighted by molar-refractivity contribution is 0.0673. The van der Waals surface area contributed by atoms with E-state index in [-0.39, 0.29) is 11.9 Å². The number of methoxy groups -OCH3 is 1. The van der Waals surface area contributed by atoms with Gasteiger partial charge in [0.1, 0.15) is 0 Å². The Labute approximate surface area is 123 Å². The highest BCUT2D eigenvalue weighted by Gasteiger charge is 2.39. The second-order valence-electron chi connectivity index (χ2n) is 5.27. The van der Waals surface area contributed by atoms with Crippen LogP contribution in [0.4, 0.5) is 0 Å². The molecule has 0 spiro atoms. The molecule has 2 fully saturated rings. The topological polar surface area (TPSA) is 54.5 Å². The Bertz CT molecular complexity index is 509. The number of hydrogen-bond acceptors (Lipinski definition) is 4. The van der Waals surface area contributed by atoms with Gasteiger partial charge in [-0.25, -0.2) is 4.98 Å². The molecule has 5 nitrogen and oxygen atoms in total. The molecule has 1 amide bonds. The minimum Gasteiger partial charge on any atom is -0.481 e. The quantitative estimate of drug-likeness (QED) is 0.902. The van der Waals surface area contributed by atoms with Gasteiger partial charge < -0.3 is 15.0 Å². The van der Waals surface area contributed by atoms with E-state index in [2.05, 4.69) is 10.3 Å². The highest BCUT2D eigenvalue weighted by Crippen LogP contribution is 2.31. The van der Waals surface area contributed by atoms with Gasteiger partial charge in [0.15, 0.2) is 5.69 Å². The Morgan fingerprint density at radius 2 is 2.20 bits per heavy atom. The number of carbonyl (C=O) groups is 1. The zero-order chi connectivity index (χ0) is 14.1. The van der Waals surface area contributed by atoms with E-state index < -0.39 is 0 Å². The van der Waals surface area contributed by atoms with Gasteiger partial charge in [-0.3, -0.25) is 4.79 Å². The molecule has 3 rings (SSSR count). The number of ether oxygens (including phenoxy) is 1. The van der Waals surface area contributed by atoms with E-state index in [1.807, 2.05) is 4.90 Å². The monoisotopic (exact) mass is 295 g/mol. The van der Waals surface area contributed by atoms with Crippen molar-refractivity contribution in [3.63, 3.8) is 0 Å². The van der Waals surface area contributed by atoms with Crippen molar-refractivity contribution in [2.45, 2.75) is 31.3 Å². The molecule has 6 heteroatoms. The van der Waals surface area contributed by atoms with E-state index in [1.165, 1.54) is 7.11 Å². The van der Waals surface area contributed by atoms with Crippen molar-refractivity contribution in [1.82, 2.24) is 15.2 Å². The number of halogens is 1. The summed E-state index contributed by atoms with van der Waals surface area (Å²) in [5.41, 5.74) is 0.296. The minimum atomic E-state index is -0.0786.